The zero-order valence-corrected chi connectivity index (χ0v) is 20.5. The van der Waals surface area contributed by atoms with E-state index in [0.29, 0.717) is 35.4 Å². The minimum absolute atomic E-state index is 0.0297. The van der Waals surface area contributed by atoms with Crippen LogP contribution < -0.4 is 10.6 Å². The van der Waals surface area contributed by atoms with E-state index in [9.17, 15) is 9.59 Å². The molecule has 0 radical (unpaired) electrons. The van der Waals surface area contributed by atoms with Crippen molar-refractivity contribution in [3.8, 4) is 0 Å². The van der Waals surface area contributed by atoms with Crippen LogP contribution in [-0.4, -0.2) is 59.3 Å². The summed E-state index contributed by atoms with van der Waals surface area (Å²) >= 11 is 1.75. The van der Waals surface area contributed by atoms with E-state index in [-0.39, 0.29) is 23.7 Å². The van der Waals surface area contributed by atoms with Gasteiger partial charge in [-0.25, -0.2) is 9.78 Å². The maximum Gasteiger partial charge on any atom is 0.356 e. The lowest BCUT2D eigenvalue weighted by atomic mass is 10.2. The first-order chi connectivity index (χ1) is 16.5. The standard InChI is InChI=1S/C25H30N4O4S/c1-16(15-34-3)27-18-12-20-21(28-24(30)17-8-5-4-6-9-17)22(25(31)32-2)29(23(20)26-13-18)14-19-10-7-11-33-19/h4-6,8-9,12-13,16,19,27H,7,10-11,14-15H2,1-3H3,(H,28,30). The number of methoxy groups -OCH3 is 1. The number of fused-ring (bicyclic) bond motifs is 1. The van der Waals surface area contributed by atoms with Crippen LogP contribution in [-0.2, 0) is 16.0 Å². The number of esters is 1. The Labute approximate surface area is 203 Å². The summed E-state index contributed by atoms with van der Waals surface area (Å²) in [6.45, 7) is 3.25. The molecule has 1 saturated heterocycles. The Morgan fingerprint density at radius 3 is 2.79 bits per heavy atom. The number of anilines is 2. The minimum Gasteiger partial charge on any atom is -0.464 e. The van der Waals surface area contributed by atoms with Crippen molar-refractivity contribution < 1.29 is 19.1 Å². The van der Waals surface area contributed by atoms with Gasteiger partial charge >= 0.3 is 5.97 Å². The van der Waals surface area contributed by atoms with Gasteiger partial charge in [-0.1, -0.05) is 18.2 Å². The number of carbonyl (C=O) groups excluding carboxylic acids is 2. The molecule has 1 fully saturated rings. The highest BCUT2D eigenvalue weighted by Crippen LogP contribution is 2.34. The van der Waals surface area contributed by atoms with Gasteiger partial charge in [-0.05, 0) is 44.2 Å². The van der Waals surface area contributed by atoms with Crippen molar-refractivity contribution in [3.63, 3.8) is 0 Å². The predicted molar refractivity (Wildman–Crippen MR) is 136 cm³/mol. The van der Waals surface area contributed by atoms with Crippen molar-refractivity contribution in [3.05, 3.63) is 53.9 Å². The Bertz CT molecular complexity index is 1160. The van der Waals surface area contributed by atoms with Gasteiger partial charge in [-0.2, -0.15) is 11.8 Å². The van der Waals surface area contributed by atoms with Crippen LogP contribution in [0.1, 0.15) is 40.6 Å². The molecule has 1 aliphatic rings. The van der Waals surface area contributed by atoms with Crippen LogP contribution in [0.15, 0.2) is 42.6 Å². The summed E-state index contributed by atoms with van der Waals surface area (Å²) in [6.07, 6.45) is 5.67. The van der Waals surface area contributed by atoms with Gasteiger partial charge in [0.15, 0.2) is 5.69 Å². The average Bonchev–Trinajstić information content (AvgIpc) is 3.46. The maximum atomic E-state index is 13.1. The van der Waals surface area contributed by atoms with Crippen molar-refractivity contribution in [2.45, 2.75) is 38.5 Å². The fourth-order valence-electron chi connectivity index (χ4n) is 4.26. The number of carbonyl (C=O) groups is 2. The molecule has 34 heavy (non-hydrogen) atoms. The summed E-state index contributed by atoms with van der Waals surface area (Å²) in [4.78, 5) is 30.8. The molecule has 180 valence electrons. The zero-order valence-electron chi connectivity index (χ0n) is 19.7. The molecule has 8 nitrogen and oxygen atoms in total. The molecule has 0 saturated carbocycles. The third kappa shape index (κ3) is 5.20. The normalized spacial score (nSPS) is 16.4. The molecule has 0 aliphatic carbocycles. The van der Waals surface area contributed by atoms with E-state index in [2.05, 4.69) is 23.8 Å². The largest absolute Gasteiger partial charge is 0.464 e. The number of ether oxygens (including phenoxy) is 2. The molecule has 1 aromatic carbocycles. The molecular formula is C25H30N4O4S. The van der Waals surface area contributed by atoms with E-state index in [1.165, 1.54) is 7.11 Å². The van der Waals surface area contributed by atoms with E-state index in [4.69, 9.17) is 14.5 Å². The lowest BCUT2D eigenvalue weighted by Crippen LogP contribution is -2.21. The third-order valence-corrected chi connectivity index (χ3v) is 6.62. The number of amides is 1. The number of rotatable bonds is 9. The number of hydrogen-bond acceptors (Lipinski definition) is 7. The molecule has 2 unspecified atom stereocenters. The van der Waals surface area contributed by atoms with Crippen molar-refractivity contribution in [1.82, 2.24) is 9.55 Å². The lowest BCUT2D eigenvalue weighted by Gasteiger charge is -2.15. The molecule has 2 atom stereocenters. The van der Waals surface area contributed by atoms with Gasteiger partial charge in [0.25, 0.3) is 5.91 Å². The minimum atomic E-state index is -0.537. The van der Waals surface area contributed by atoms with Gasteiger partial charge < -0.3 is 24.7 Å². The first-order valence-electron chi connectivity index (χ1n) is 11.4. The van der Waals surface area contributed by atoms with Crippen LogP contribution in [0.3, 0.4) is 0 Å². The van der Waals surface area contributed by atoms with Crippen LogP contribution in [0.5, 0.6) is 0 Å². The SMILES string of the molecule is COC(=O)c1c(NC(=O)c2ccccc2)c2cc(NC(C)CSC)cnc2n1CC1CCCO1. The van der Waals surface area contributed by atoms with Gasteiger partial charge in [-0.15, -0.1) is 0 Å². The Balaban J connectivity index is 1.83. The Morgan fingerprint density at radius 1 is 1.32 bits per heavy atom. The summed E-state index contributed by atoms with van der Waals surface area (Å²) in [5.41, 5.74) is 2.56. The Kier molecular flexibility index (Phi) is 7.74. The predicted octanol–water partition coefficient (Wildman–Crippen LogP) is 4.42. The number of benzene rings is 1. The summed E-state index contributed by atoms with van der Waals surface area (Å²) in [6, 6.07) is 11.1. The van der Waals surface area contributed by atoms with Crippen molar-refractivity contribution in [2.24, 2.45) is 0 Å². The summed E-state index contributed by atoms with van der Waals surface area (Å²) < 4.78 is 12.8. The molecule has 2 aromatic heterocycles. The topological polar surface area (TPSA) is 94.5 Å². The molecule has 2 N–H and O–H groups in total. The van der Waals surface area contributed by atoms with Gasteiger partial charge in [0.2, 0.25) is 0 Å². The number of aromatic nitrogens is 2. The second-order valence-corrected chi connectivity index (χ2v) is 9.29. The van der Waals surface area contributed by atoms with E-state index in [0.717, 1.165) is 24.3 Å². The Hall–Kier alpha value is -3.04. The molecule has 0 spiro atoms. The molecule has 3 aromatic rings. The second-order valence-electron chi connectivity index (χ2n) is 8.38. The van der Waals surface area contributed by atoms with E-state index in [1.54, 1.807) is 42.2 Å². The highest BCUT2D eigenvalue weighted by molar-refractivity contribution is 7.98. The van der Waals surface area contributed by atoms with Gasteiger partial charge in [-0.3, -0.25) is 4.79 Å². The average molecular weight is 483 g/mol. The first kappa shape index (κ1) is 24.1. The zero-order chi connectivity index (χ0) is 24.1. The molecular weight excluding hydrogens is 452 g/mol. The van der Waals surface area contributed by atoms with Crippen LogP contribution in [0, 0.1) is 0 Å². The number of thioether (sulfide) groups is 1. The first-order valence-corrected chi connectivity index (χ1v) is 12.7. The fraction of sp³-hybridized carbons (Fsp3) is 0.400. The highest BCUT2D eigenvalue weighted by Gasteiger charge is 2.29. The smallest absolute Gasteiger partial charge is 0.356 e. The summed E-state index contributed by atoms with van der Waals surface area (Å²) in [5, 5.41) is 7.08. The maximum absolute atomic E-state index is 13.1. The lowest BCUT2D eigenvalue weighted by molar-refractivity contribution is 0.0580. The van der Waals surface area contributed by atoms with Crippen molar-refractivity contribution in [1.29, 1.82) is 0 Å². The van der Waals surface area contributed by atoms with Crippen molar-refractivity contribution in [2.75, 3.05) is 36.4 Å². The van der Waals surface area contributed by atoms with E-state index in [1.807, 2.05) is 16.7 Å². The molecule has 1 aliphatic heterocycles. The summed E-state index contributed by atoms with van der Waals surface area (Å²) in [7, 11) is 1.34. The number of nitrogens with one attached hydrogen (secondary N) is 2. The van der Waals surface area contributed by atoms with Crippen LogP contribution in [0.25, 0.3) is 11.0 Å². The molecule has 0 bridgehead atoms. The van der Waals surface area contributed by atoms with Crippen molar-refractivity contribution >= 4 is 46.0 Å². The molecule has 9 heteroatoms. The van der Waals surface area contributed by atoms with Crippen LogP contribution in [0.2, 0.25) is 0 Å². The third-order valence-electron chi connectivity index (χ3n) is 5.79. The van der Waals surface area contributed by atoms with Crippen LogP contribution >= 0.6 is 11.8 Å². The van der Waals surface area contributed by atoms with Gasteiger partial charge in [0, 0.05) is 29.4 Å². The van der Waals surface area contributed by atoms with Gasteiger partial charge in [0.1, 0.15) is 5.65 Å². The monoisotopic (exact) mass is 482 g/mol. The molecule has 4 rings (SSSR count). The molecule has 3 heterocycles. The quantitative estimate of drug-likeness (QED) is 0.436. The number of hydrogen-bond donors (Lipinski definition) is 2. The number of pyridine rings is 1. The van der Waals surface area contributed by atoms with Crippen LogP contribution in [0.4, 0.5) is 11.4 Å². The van der Waals surface area contributed by atoms with E-state index < -0.39 is 5.97 Å². The highest BCUT2D eigenvalue weighted by atomic mass is 32.2. The second kappa shape index (κ2) is 10.9. The fourth-order valence-corrected chi connectivity index (χ4v) is 4.84. The summed E-state index contributed by atoms with van der Waals surface area (Å²) in [5.74, 6) is 0.0870. The number of nitrogens with zero attached hydrogens (tertiary/aromatic N) is 2. The van der Waals surface area contributed by atoms with Gasteiger partial charge in [0.05, 0.1) is 37.3 Å². The molecule has 1 amide bonds. The Morgan fingerprint density at radius 2 is 2.12 bits per heavy atom. The van der Waals surface area contributed by atoms with E-state index >= 15 is 0 Å².